The number of rotatable bonds is 5. The number of aromatic nitrogens is 2. The van der Waals surface area contributed by atoms with E-state index in [1.165, 1.54) is 23.9 Å². The molecule has 1 saturated heterocycles. The second-order valence-corrected chi connectivity index (χ2v) is 8.12. The molecular weight excluding hydrogens is 420 g/mol. The lowest BCUT2D eigenvalue weighted by molar-refractivity contribution is -0.384. The van der Waals surface area contributed by atoms with E-state index >= 15 is 0 Å². The molecule has 0 radical (unpaired) electrons. The Labute approximate surface area is 182 Å². The van der Waals surface area contributed by atoms with E-state index in [-0.39, 0.29) is 11.6 Å². The number of nitro benzene ring substituents is 1. The minimum Gasteiger partial charge on any atom is -0.293 e. The van der Waals surface area contributed by atoms with E-state index < -0.39 is 4.92 Å². The van der Waals surface area contributed by atoms with Crippen molar-refractivity contribution in [1.82, 2.24) is 14.7 Å². The third kappa shape index (κ3) is 3.77. The highest BCUT2D eigenvalue weighted by Crippen LogP contribution is 2.35. The number of non-ortho nitro benzene ring substituents is 1. The second-order valence-electron chi connectivity index (χ2n) is 6.45. The molecule has 1 aliphatic heterocycles. The van der Waals surface area contributed by atoms with Crippen molar-refractivity contribution in [3.63, 3.8) is 0 Å². The summed E-state index contributed by atoms with van der Waals surface area (Å²) >= 11 is 6.54. The van der Waals surface area contributed by atoms with E-state index in [1.54, 1.807) is 27.8 Å². The third-order valence-corrected chi connectivity index (χ3v) is 5.95. The van der Waals surface area contributed by atoms with Gasteiger partial charge in [-0.3, -0.25) is 19.8 Å². The third-order valence-electron chi connectivity index (χ3n) is 4.57. The first-order chi connectivity index (χ1) is 14.5. The normalized spacial score (nSPS) is 15.2. The Hall–Kier alpha value is -3.30. The molecule has 2 heterocycles. The molecule has 0 aliphatic carbocycles. The molecule has 9 heteroatoms. The van der Waals surface area contributed by atoms with Crippen molar-refractivity contribution >= 4 is 46.0 Å². The Morgan fingerprint density at radius 2 is 1.97 bits per heavy atom. The first-order valence-electron chi connectivity index (χ1n) is 9.13. The minimum absolute atomic E-state index is 0.0231. The Balaban J connectivity index is 1.85. The van der Waals surface area contributed by atoms with Gasteiger partial charge in [0.15, 0.2) is 0 Å². The molecule has 0 saturated carbocycles. The summed E-state index contributed by atoms with van der Waals surface area (Å²) in [5.74, 6) is -0.148. The molecule has 3 aromatic rings. The molecule has 0 atom stereocenters. The van der Waals surface area contributed by atoms with Gasteiger partial charge in [0.2, 0.25) is 0 Å². The van der Waals surface area contributed by atoms with Gasteiger partial charge in [0, 0.05) is 36.0 Å². The number of benzene rings is 2. The summed E-state index contributed by atoms with van der Waals surface area (Å²) in [7, 11) is 0. The number of hydrogen-bond donors (Lipinski definition) is 0. The van der Waals surface area contributed by atoms with Crippen molar-refractivity contribution < 1.29 is 9.72 Å². The van der Waals surface area contributed by atoms with Gasteiger partial charge in [0.05, 0.1) is 15.5 Å². The number of thioether (sulfide) groups is 1. The lowest BCUT2D eigenvalue weighted by Gasteiger charge is -2.09. The van der Waals surface area contributed by atoms with Gasteiger partial charge in [-0.15, -0.1) is 0 Å². The molecule has 30 heavy (non-hydrogen) atoms. The first-order valence-corrected chi connectivity index (χ1v) is 10.4. The molecule has 1 aliphatic rings. The van der Waals surface area contributed by atoms with Crippen LogP contribution >= 0.6 is 24.0 Å². The van der Waals surface area contributed by atoms with Crippen LogP contribution in [-0.4, -0.2) is 36.4 Å². The van der Waals surface area contributed by atoms with E-state index in [1.807, 2.05) is 43.5 Å². The van der Waals surface area contributed by atoms with Gasteiger partial charge >= 0.3 is 0 Å². The fourth-order valence-electron chi connectivity index (χ4n) is 3.11. The lowest BCUT2D eigenvalue weighted by Crippen LogP contribution is -2.27. The van der Waals surface area contributed by atoms with Crippen LogP contribution < -0.4 is 0 Å². The topological polar surface area (TPSA) is 81.3 Å². The first kappa shape index (κ1) is 20.0. The van der Waals surface area contributed by atoms with Crippen LogP contribution in [0.25, 0.3) is 23.0 Å². The fraction of sp³-hybridized carbons (Fsp3) is 0.0952. The van der Waals surface area contributed by atoms with Crippen molar-refractivity contribution in [2.75, 3.05) is 6.54 Å². The number of thiocarbonyl (C=S) groups is 1. The fourth-order valence-corrected chi connectivity index (χ4v) is 4.49. The van der Waals surface area contributed by atoms with Gasteiger partial charge in [-0.05, 0) is 25.1 Å². The van der Waals surface area contributed by atoms with Crippen LogP contribution in [0.3, 0.4) is 0 Å². The monoisotopic (exact) mass is 436 g/mol. The average Bonchev–Trinajstić information content (AvgIpc) is 3.29. The quantitative estimate of drug-likeness (QED) is 0.250. The molecule has 2 aromatic carbocycles. The summed E-state index contributed by atoms with van der Waals surface area (Å²) in [6, 6.07) is 15.8. The molecule has 0 bridgehead atoms. The zero-order valence-corrected chi connectivity index (χ0v) is 17.5. The van der Waals surface area contributed by atoms with Crippen molar-refractivity contribution in [3.8, 4) is 16.9 Å². The zero-order chi connectivity index (χ0) is 21.3. The number of carbonyl (C=O) groups excluding carboxylic acids is 1. The van der Waals surface area contributed by atoms with Crippen LogP contribution in [0.15, 0.2) is 65.7 Å². The van der Waals surface area contributed by atoms with Gasteiger partial charge in [-0.2, -0.15) is 5.10 Å². The highest BCUT2D eigenvalue weighted by Gasteiger charge is 2.31. The zero-order valence-electron chi connectivity index (χ0n) is 15.9. The predicted molar refractivity (Wildman–Crippen MR) is 121 cm³/mol. The summed E-state index contributed by atoms with van der Waals surface area (Å²) in [6.45, 7) is 2.37. The van der Waals surface area contributed by atoms with Crippen LogP contribution in [-0.2, 0) is 4.79 Å². The SMILES string of the molecule is CCN1C(=O)/C(=C\c2cn(-c3ccccc3)nc2-c2cccc([N+](=O)[O-])c2)SC1=S. The van der Waals surface area contributed by atoms with Crippen LogP contribution in [0, 0.1) is 10.1 Å². The van der Waals surface area contributed by atoms with Gasteiger partial charge in [0.1, 0.15) is 10.0 Å². The van der Waals surface area contributed by atoms with Gasteiger partial charge in [-0.25, -0.2) is 4.68 Å². The standard InChI is InChI=1S/C21H16N4O3S2/c1-2-23-20(26)18(30-21(23)29)12-15-13-24(16-8-4-3-5-9-16)22-19(15)14-7-6-10-17(11-14)25(27)28/h3-13H,2H2,1H3/b18-12+. The second kappa shape index (κ2) is 8.21. The number of hydrogen-bond acceptors (Lipinski definition) is 6. The van der Waals surface area contributed by atoms with Crippen molar-refractivity contribution in [3.05, 3.63) is 81.4 Å². The Morgan fingerprint density at radius 1 is 1.20 bits per heavy atom. The van der Waals surface area contributed by atoms with Crippen LogP contribution in [0.1, 0.15) is 12.5 Å². The minimum atomic E-state index is -0.441. The van der Waals surface area contributed by atoms with Crippen molar-refractivity contribution in [2.45, 2.75) is 6.92 Å². The lowest BCUT2D eigenvalue weighted by atomic mass is 10.1. The molecule has 4 rings (SSSR count). The molecule has 7 nitrogen and oxygen atoms in total. The molecule has 0 N–H and O–H groups in total. The highest BCUT2D eigenvalue weighted by molar-refractivity contribution is 8.26. The molecular formula is C21H16N4O3S2. The Kier molecular flexibility index (Phi) is 5.47. The average molecular weight is 437 g/mol. The molecule has 0 unspecified atom stereocenters. The predicted octanol–water partition coefficient (Wildman–Crippen LogP) is 4.67. The van der Waals surface area contributed by atoms with Crippen LogP contribution in [0.5, 0.6) is 0 Å². The summed E-state index contributed by atoms with van der Waals surface area (Å²) in [6.07, 6.45) is 3.55. The molecule has 1 amide bonds. The molecule has 0 spiro atoms. The van der Waals surface area contributed by atoms with E-state index in [0.717, 1.165) is 5.69 Å². The van der Waals surface area contributed by atoms with Crippen LogP contribution in [0.2, 0.25) is 0 Å². The van der Waals surface area contributed by atoms with Crippen molar-refractivity contribution in [2.24, 2.45) is 0 Å². The summed E-state index contributed by atoms with van der Waals surface area (Å²) in [5.41, 5.74) is 2.63. The largest absolute Gasteiger partial charge is 0.293 e. The van der Waals surface area contributed by atoms with E-state index in [9.17, 15) is 14.9 Å². The van der Waals surface area contributed by atoms with E-state index in [4.69, 9.17) is 12.2 Å². The number of carbonyl (C=O) groups is 1. The Morgan fingerprint density at radius 3 is 2.63 bits per heavy atom. The van der Waals surface area contributed by atoms with E-state index in [2.05, 4.69) is 5.10 Å². The van der Waals surface area contributed by atoms with Crippen LogP contribution in [0.4, 0.5) is 5.69 Å². The number of amides is 1. The number of likely N-dealkylation sites (N-methyl/N-ethyl adjacent to an activating group) is 1. The maximum absolute atomic E-state index is 12.7. The maximum Gasteiger partial charge on any atom is 0.270 e. The van der Waals surface area contributed by atoms with Gasteiger partial charge in [-0.1, -0.05) is 54.3 Å². The molecule has 1 fully saturated rings. The van der Waals surface area contributed by atoms with Crippen molar-refractivity contribution in [1.29, 1.82) is 0 Å². The molecule has 1 aromatic heterocycles. The summed E-state index contributed by atoms with van der Waals surface area (Å²) in [5, 5.41) is 15.9. The van der Waals surface area contributed by atoms with Gasteiger partial charge in [0.25, 0.3) is 11.6 Å². The number of nitro groups is 1. The van der Waals surface area contributed by atoms with Gasteiger partial charge < -0.3 is 0 Å². The highest BCUT2D eigenvalue weighted by atomic mass is 32.2. The maximum atomic E-state index is 12.7. The number of nitrogens with zero attached hydrogens (tertiary/aromatic N) is 4. The summed E-state index contributed by atoms with van der Waals surface area (Å²) in [4.78, 5) is 25.5. The smallest absolute Gasteiger partial charge is 0.270 e. The summed E-state index contributed by atoms with van der Waals surface area (Å²) < 4.78 is 2.21. The number of para-hydroxylation sites is 1. The van der Waals surface area contributed by atoms with E-state index in [0.29, 0.717) is 32.6 Å². The molecule has 150 valence electrons. The Bertz CT molecular complexity index is 1190.